The van der Waals surface area contributed by atoms with Crippen molar-refractivity contribution in [2.24, 2.45) is 5.41 Å². The molecule has 1 aliphatic heterocycles. The maximum absolute atomic E-state index is 13.5. The van der Waals surface area contributed by atoms with Crippen LogP contribution in [0.2, 0.25) is 0 Å². The van der Waals surface area contributed by atoms with Crippen LogP contribution in [-0.2, 0) is 30.4 Å². The SMILES string of the molecule is COC(=O)C1(C(=O)OC)C[C@H](/C=C/c2ccccc2)ON(Cc2ccccc2)[C@@H]1c1ccccc1. The zero-order chi connectivity index (χ0) is 24.7. The topological polar surface area (TPSA) is 65.1 Å². The summed E-state index contributed by atoms with van der Waals surface area (Å²) in [6, 6.07) is 28.2. The average molecular weight is 472 g/mol. The van der Waals surface area contributed by atoms with Gasteiger partial charge in [0.25, 0.3) is 0 Å². The van der Waals surface area contributed by atoms with E-state index in [0.29, 0.717) is 6.54 Å². The highest BCUT2D eigenvalue weighted by Crippen LogP contribution is 2.49. The molecule has 0 unspecified atom stereocenters. The van der Waals surface area contributed by atoms with E-state index in [-0.39, 0.29) is 6.42 Å². The molecule has 0 radical (unpaired) electrons. The zero-order valence-electron chi connectivity index (χ0n) is 19.9. The lowest BCUT2D eigenvalue weighted by atomic mass is 9.71. The summed E-state index contributed by atoms with van der Waals surface area (Å²) in [5.74, 6) is -1.31. The number of hydroxylamine groups is 2. The Kier molecular flexibility index (Phi) is 7.75. The molecule has 35 heavy (non-hydrogen) atoms. The highest BCUT2D eigenvalue weighted by molar-refractivity contribution is 6.01. The molecule has 0 aliphatic carbocycles. The fraction of sp³-hybridized carbons (Fsp3) is 0.241. The fourth-order valence-electron chi connectivity index (χ4n) is 4.65. The largest absolute Gasteiger partial charge is 0.468 e. The summed E-state index contributed by atoms with van der Waals surface area (Å²) < 4.78 is 10.5. The smallest absolute Gasteiger partial charge is 0.325 e. The molecule has 6 nitrogen and oxygen atoms in total. The monoisotopic (exact) mass is 471 g/mol. The molecule has 3 aromatic carbocycles. The lowest BCUT2D eigenvalue weighted by Gasteiger charge is -2.48. The van der Waals surface area contributed by atoms with Gasteiger partial charge in [0.15, 0.2) is 5.41 Å². The van der Waals surface area contributed by atoms with E-state index in [0.717, 1.165) is 16.7 Å². The Morgan fingerprint density at radius 2 is 1.43 bits per heavy atom. The van der Waals surface area contributed by atoms with Gasteiger partial charge in [0, 0.05) is 13.0 Å². The molecule has 1 aliphatic rings. The number of methoxy groups -OCH3 is 2. The van der Waals surface area contributed by atoms with Crippen molar-refractivity contribution >= 4 is 18.0 Å². The number of carbonyl (C=O) groups excluding carboxylic acids is 2. The number of hydrogen-bond donors (Lipinski definition) is 0. The van der Waals surface area contributed by atoms with Gasteiger partial charge in [-0.2, -0.15) is 5.06 Å². The molecular weight excluding hydrogens is 442 g/mol. The summed E-state index contributed by atoms with van der Waals surface area (Å²) in [6.45, 7) is 0.353. The first-order valence-electron chi connectivity index (χ1n) is 11.5. The number of ether oxygens (including phenoxy) is 2. The van der Waals surface area contributed by atoms with Crippen molar-refractivity contribution in [1.29, 1.82) is 0 Å². The molecule has 0 saturated carbocycles. The number of rotatable bonds is 7. The number of hydrogen-bond acceptors (Lipinski definition) is 6. The van der Waals surface area contributed by atoms with Crippen LogP contribution < -0.4 is 0 Å². The van der Waals surface area contributed by atoms with Gasteiger partial charge >= 0.3 is 11.9 Å². The minimum atomic E-state index is -1.64. The number of nitrogens with zero attached hydrogens (tertiary/aromatic N) is 1. The van der Waals surface area contributed by atoms with E-state index in [9.17, 15) is 9.59 Å². The molecule has 1 saturated heterocycles. The summed E-state index contributed by atoms with van der Waals surface area (Å²) in [6.07, 6.45) is 3.29. The Hall–Kier alpha value is -3.74. The van der Waals surface area contributed by atoms with Gasteiger partial charge < -0.3 is 9.47 Å². The van der Waals surface area contributed by atoms with Crippen LogP contribution in [0.5, 0.6) is 0 Å². The van der Waals surface area contributed by atoms with E-state index in [4.69, 9.17) is 14.3 Å². The third kappa shape index (κ3) is 5.19. The molecular formula is C29H29NO5. The Morgan fingerprint density at radius 1 is 0.886 bits per heavy atom. The second-order valence-corrected chi connectivity index (χ2v) is 8.45. The quantitative estimate of drug-likeness (QED) is 0.358. The van der Waals surface area contributed by atoms with Gasteiger partial charge in [-0.1, -0.05) is 103 Å². The fourth-order valence-corrected chi connectivity index (χ4v) is 4.65. The molecule has 0 N–H and O–H groups in total. The first-order valence-corrected chi connectivity index (χ1v) is 11.5. The summed E-state index contributed by atoms with van der Waals surface area (Å²) in [4.78, 5) is 33.4. The van der Waals surface area contributed by atoms with E-state index >= 15 is 0 Å². The molecule has 1 fully saturated rings. The predicted molar refractivity (Wildman–Crippen MR) is 133 cm³/mol. The number of esters is 2. The standard InChI is InChI=1S/C29H29NO5/c1-33-27(31)29(28(32)34-2)20-25(19-18-22-12-6-3-7-13-22)35-30(21-23-14-8-4-9-15-23)26(29)24-16-10-5-11-17-24/h3-19,25-26H,20-21H2,1-2H3/b19-18+/t25-,26+/m0/s1. The third-order valence-electron chi connectivity index (χ3n) is 6.25. The van der Waals surface area contributed by atoms with Gasteiger partial charge in [0.05, 0.1) is 26.4 Å². The van der Waals surface area contributed by atoms with Crippen molar-refractivity contribution in [2.75, 3.05) is 14.2 Å². The summed E-state index contributed by atoms with van der Waals surface area (Å²) in [5, 5.41) is 1.71. The first kappa shape index (κ1) is 24.4. The van der Waals surface area contributed by atoms with Crippen LogP contribution in [0, 0.1) is 5.41 Å². The van der Waals surface area contributed by atoms with Gasteiger partial charge in [-0.15, -0.1) is 0 Å². The first-order chi connectivity index (χ1) is 17.1. The molecule has 0 bridgehead atoms. The second-order valence-electron chi connectivity index (χ2n) is 8.45. The van der Waals surface area contributed by atoms with Gasteiger partial charge in [0.1, 0.15) is 0 Å². The minimum absolute atomic E-state index is 0.0700. The van der Waals surface area contributed by atoms with Gasteiger partial charge in [-0.3, -0.25) is 14.4 Å². The highest BCUT2D eigenvalue weighted by atomic mass is 16.7. The van der Waals surface area contributed by atoms with Crippen LogP contribution in [0.25, 0.3) is 6.08 Å². The van der Waals surface area contributed by atoms with Gasteiger partial charge in [0.2, 0.25) is 0 Å². The lowest BCUT2D eigenvalue weighted by molar-refractivity contribution is -0.281. The van der Waals surface area contributed by atoms with Crippen molar-refractivity contribution in [3.8, 4) is 0 Å². The van der Waals surface area contributed by atoms with Crippen molar-refractivity contribution < 1.29 is 23.9 Å². The molecule has 6 heteroatoms. The van der Waals surface area contributed by atoms with E-state index < -0.39 is 29.5 Å². The molecule has 2 atom stereocenters. The molecule has 4 rings (SSSR count). The Morgan fingerprint density at radius 3 is 2.00 bits per heavy atom. The van der Waals surface area contributed by atoms with Gasteiger partial charge in [-0.05, 0) is 16.7 Å². The Balaban J connectivity index is 1.83. The Labute approximate surface area is 205 Å². The molecule has 0 amide bonds. The zero-order valence-corrected chi connectivity index (χ0v) is 19.9. The van der Waals surface area contributed by atoms with Crippen LogP contribution in [0.15, 0.2) is 97.1 Å². The van der Waals surface area contributed by atoms with Crippen LogP contribution in [0.1, 0.15) is 29.2 Å². The maximum atomic E-state index is 13.5. The van der Waals surface area contributed by atoms with E-state index in [2.05, 4.69) is 0 Å². The van der Waals surface area contributed by atoms with Crippen LogP contribution in [0.3, 0.4) is 0 Å². The molecule has 1 heterocycles. The van der Waals surface area contributed by atoms with E-state index in [1.807, 2.05) is 103 Å². The third-order valence-corrected chi connectivity index (χ3v) is 6.25. The van der Waals surface area contributed by atoms with E-state index in [1.54, 1.807) is 5.06 Å². The summed E-state index contributed by atoms with van der Waals surface area (Å²) >= 11 is 0. The number of benzene rings is 3. The lowest BCUT2D eigenvalue weighted by Crippen LogP contribution is -2.57. The van der Waals surface area contributed by atoms with Crippen LogP contribution >= 0.6 is 0 Å². The van der Waals surface area contributed by atoms with Crippen molar-refractivity contribution in [3.63, 3.8) is 0 Å². The highest BCUT2D eigenvalue weighted by Gasteiger charge is 2.61. The Bertz CT molecular complexity index is 1130. The minimum Gasteiger partial charge on any atom is -0.468 e. The predicted octanol–water partition coefficient (Wildman–Crippen LogP) is 4.98. The maximum Gasteiger partial charge on any atom is 0.325 e. The summed E-state index contributed by atoms with van der Waals surface area (Å²) in [5.41, 5.74) is 1.08. The average Bonchev–Trinajstić information content (AvgIpc) is 2.92. The molecule has 0 spiro atoms. The second kappa shape index (κ2) is 11.1. The van der Waals surface area contributed by atoms with Crippen molar-refractivity contribution in [2.45, 2.75) is 25.1 Å². The molecule has 0 aromatic heterocycles. The van der Waals surface area contributed by atoms with E-state index in [1.165, 1.54) is 14.2 Å². The molecule has 180 valence electrons. The van der Waals surface area contributed by atoms with Gasteiger partial charge in [-0.25, -0.2) is 0 Å². The van der Waals surface area contributed by atoms with Crippen molar-refractivity contribution in [3.05, 3.63) is 114 Å². The number of carbonyl (C=O) groups is 2. The van der Waals surface area contributed by atoms with Crippen LogP contribution in [0.4, 0.5) is 0 Å². The molecule has 3 aromatic rings. The normalized spacial score (nSPS) is 19.8. The summed E-state index contributed by atoms with van der Waals surface area (Å²) in [7, 11) is 2.59. The van der Waals surface area contributed by atoms with Crippen LogP contribution in [-0.4, -0.2) is 37.3 Å². The van der Waals surface area contributed by atoms with Crippen molar-refractivity contribution in [1.82, 2.24) is 5.06 Å².